The number of hydrogen-bond donors (Lipinski definition) is 1. The van der Waals surface area contributed by atoms with Gasteiger partial charge in [-0.1, -0.05) is 17.7 Å². The first-order chi connectivity index (χ1) is 9.19. The summed E-state index contributed by atoms with van der Waals surface area (Å²) in [5, 5.41) is 4.15. The number of rotatable bonds is 5. The van der Waals surface area contributed by atoms with Gasteiger partial charge in [-0.05, 0) is 56.6 Å². The van der Waals surface area contributed by atoms with Crippen LogP contribution in [0.15, 0.2) is 18.2 Å². The highest BCUT2D eigenvalue weighted by Crippen LogP contribution is 2.25. The van der Waals surface area contributed by atoms with Crippen molar-refractivity contribution in [2.75, 3.05) is 33.8 Å². The molecule has 0 aliphatic carbocycles. The van der Waals surface area contributed by atoms with Crippen LogP contribution in [0.4, 0.5) is 0 Å². The number of ether oxygens (including phenoxy) is 1. The Bertz CT molecular complexity index is 409. The van der Waals surface area contributed by atoms with E-state index in [0.29, 0.717) is 5.02 Å². The zero-order valence-electron chi connectivity index (χ0n) is 12.2. The van der Waals surface area contributed by atoms with Gasteiger partial charge in [0.15, 0.2) is 0 Å². The van der Waals surface area contributed by atoms with E-state index in [1.54, 1.807) is 7.11 Å². The lowest BCUT2D eigenvalue weighted by Gasteiger charge is -2.27. The predicted molar refractivity (Wildman–Crippen MR) is 87.2 cm³/mol. The highest BCUT2D eigenvalue weighted by molar-refractivity contribution is 6.32. The standard InChI is InChI=1S/C15H23ClN2O.ClH/c1-18(11-13-4-3-7-17-9-13)10-12-5-6-15(19-2)14(16)8-12;/h5-6,8,13,17H,3-4,7,9-11H2,1-2H3;1H. The van der Waals surface area contributed by atoms with E-state index in [4.69, 9.17) is 16.3 Å². The Kier molecular flexibility index (Phi) is 7.67. The lowest BCUT2D eigenvalue weighted by Crippen LogP contribution is -2.36. The zero-order chi connectivity index (χ0) is 13.7. The zero-order valence-corrected chi connectivity index (χ0v) is 13.8. The van der Waals surface area contributed by atoms with Gasteiger partial charge in [-0.25, -0.2) is 0 Å². The SMILES string of the molecule is COc1ccc(CN(C)CC2CCCNC2)cc1Cl.Cl. The molecule has 1 fully saturated rings. The fourth-order valence-electron chi connectivity index (χ4n) is 2.71. The molecule has 0 amide bonds. The van der Waals surface area contributed by atoms with Crippen LogP contribution in [0.3, 0.4) is 0 Å². The summed E-state index contributed by atoms with van der Waals surface area (Å²) in [4.78, 5) is 2.37. The summed E-state index contributed by atoms with van der Waals surface area (Å²) >= 11 is 6.15. The topological polar surface area (TPSA) is 24.5 Å². The van der Waals surface area contributed by atoms with E-state index < -0.39 is 0 Å². The van der Waals surface area contributed by atoms with Gasteiger partial charge in [0, 0.05) is 13.1 Å². The van der Waals surface area contributed by atoms with Gasteiger partial charge in [0.2, 0.25) is 0 Å². The highest BCUT2D eigenvalue weighted by atomic mass is 35.5. The number of hydrogen-bond acceptors (Lipinski definition) is 3. The molecule has 5 heteroatoms. The van der Waals surface area contributed by atoms with Crippen LogP contribution < -0.4 is 10.1 Å². The van der Waals surface area contributed by atoms with E-state index in [-0.39, 0.29) is 12.4 Å². The predicted octanol–water partition coefficient (Wildman–Crippen LogP) is 3.20. The molecule has 1 aromatic carbocycles. The molecule has 1 unspecified atom stereocenters. The van der Waals surface area contributed by atoms with Gasteiger partial charge in [-0.2, -0.15) is 0 Å². The number of nitrogens with zero attached hydrogens (tertiary/aromatic N) is 1. The summed E-state index contributed by atoms with van der Waals surface area (Å²) < 4.78 is 5.17. The van der Waals surface area contributed by atoms with E-state index in [1.807, 2.05) is 12.1 Å². The Morgan fingerprint density at radius 3 is 2.85 bits per heavy atom. The van der Waals surface area contributed by atoms with Crippen molar-refractivity contribution in [2.45, 2.75) is 19.4 Å². The van der Waals surface area contributed by atoms with Crippen molar-refractivity contribution in [2.24, 2.45) is 5.92 Å². The van der Waals surface area contributed by atoms with Gasteiger partial charge in [0.05, 0.1) is 12.1 Å². The van der Waals surface area contributed by atoms with E-state index in [9.17, 15) is 0 Å². The number of benzene rings is 1. The van der Waals surface area contributed by atoms with Crippen LogP contribution in [0.5, 0.6) is 5.75 Å². The second kappa shape index (κ2) is 8.73. The molecule has 1 N–H and O–H groups in total. The number of nitrogens with one attached hydrogen (secondary N) is 1. The van der Waals surface area contributed by atoms with Crippen molar-refractivity contribution in [3.05, 3.63) is 28.8 Å². The molecule has 1 heterocycles. The number of methoxy groups -OCH3 is 1. The monoisotopic (exact) mass is 318 g/mol. The largest absolute Gasteiger partial charge is 0.495 e. The van der Waals surface area contributed by atoms with Crippen LogP contribution in [0.25, 0.3) is 0 Å². The Balaban J connectivity index is 0.00000200. The Labute approximate surface area is 133 Å². The Morgan fingerprint density at radius 1 is 1.45 bits per heavy atom. The molecule has 1 aliphatic rings. The first kappa shape index (κ1) is 17.6. The fraction of sp³-hybridized carbons (Fsp3) is 0.600. The van der Waals surface area contributed by atoms with E-state index in [2.05, 4.69) is 23.3 Å². The molecular formula is C15H24Cl2N2O. The van der Waals surface area contributed by atoms with Gasteiger partial charge in [0.25, 0.3) is 0 Å². The van der Waals surface area contributed by atoms with Crippen LogP contribution in [-0.4, -0.2) is 38.7 Å². The molecule has 2 rings (SSSR count). The molecule has 0 aromatic heterocycles. The van der Waals surface area contributed by atoms with E-state index in [0.717, 1.165) is 31.3 Å². The molecule has 1 atom stereocenters. The molecule has 114 valence electrons. The van der Waals surface area contributed by atoms with Crippen molar-refractivity contribution < 1.29 is 4.74 Å². The minimum atomic E-state index is 0. The summed E-state index contributed by atoms with van der Waals surface area (Å²) in [7, 11) is 3.82. The van der Waals surface area contributed by atoms with Crippen LogP contribution in [0.1, 0.15) is 18.4 Å². The molecule has 0 spiro atoms. The van der Waals surface area contributed by atoms with Gasteiger partial charge >= 0.3 is 0 Å². The lowest BCUT2D eigenvalue weighted by atomic mass is 9.99. The summed E-state index contributed by atoms with van der Waals surface area (Å²) in [5.74, 6) is 1.51. The van der Waals surface area contributed by atoms with Crippen molar-refractivity contribution in [1.82, 2.24) is 10.2 Å². The van der Waals surface area contributed by atoms with E-state index >= 15 is 0 Å². The second-order valence-corrected chi connectivity index (χ2v) is 5.79. The van der Waals surface area contributed by atoms with Gasteiger partial charge < -0.3 is 15.0 Å². The van der Waals surface area contributed by atoms with Crippen LogP contribution in [0, 0.1) is 5.92 Å². The van der Waals surface area contributed by atoms with Crippen LogP contribution in [-0.2, 0) is 6.54 Å². The molecule has 1 aliphatic heterocycles. The van der Waals surface area contributed by atoms with Crippen molar-refractivity contribution in [3.63, 3.8) is 0 Å². The average molecular weight is 319 g/mol. The lowest BCUT2D eigenvalue weighted by molar-refractivity contribution is 0.237. The molecular weight excluding hydrogens is 295 g/mol. The third kappa shape index (κ3) is 5.13. The minimum Gasteiger partial charge on any atom is -0.495 e. The average Bonchev–Trinajstić information content (AvgIpc) is 2.40. The first-order valence-corrected chi connectivity index (χ1v) is 7.28. The molecule has 20 heavy (non-hydrogen) atoms. The third-order valence-electron chi connectivity index (χ3n) is 3.64. The highest BCUT2D eigenvalue weighted by Gasteiger charge is 2.15. The quantitative estimate of drug-likeness (QED) is 0.902. The maximum Gasteiger partial charge on any atom is 0.137 e. The molecule has 1 saturated heterocycles. The Morgan fingerprint density at radius 2 is 2.25 bits per heavy atom. The summed E-state index contributed by atoms with van der Waals surface area (Å²) in [6, 6.07) is 6.02. The van der Waals surface area contributed by atoms with Gasteiger partial charge in [-0.15, -0.1) is 12.4 Å². The van der Waals surface area contributed by atoms with Crippen molar-refractivity contribution >= 4 is 24.0 Å². The second-order valence-electron chi connectivity index (χ2n) is 5.38. The normalized spacial score (nSPS) is 18.7. The minimum absolute atomic E-state index is 0. The van der Waals surface area contributed by atoms with Crippen LogP contribution >= 0.6 is 24.0 Å². The van der Waals surface area contributed by atoms with Gasteiger partial charge in [0.1, 0.15) is 5.75 Å². The summed E-state index contributed by atoms with van der Waals surface area (Å²) in [5.41, 5.74) is 1.23. The molecule has 1 aromatic rings. The third-order valence-corrected chi connectivity index (χ3v) is 3.93. The number of piperidine rings is 1. The first-order valence-electron chi connectivity index (χ1n) is 6.90. The molecule has 0 bridgehead atoms. The molecule has 0 radical (unpaired) electrons. The van der Waals surface area contributed by atoms with Crippen LogP contribution in [0.2, 0.25) is 5.02 Å². The van der Waals surface area contributed by atoms with Crippen molar-refractivity contribution in [1.29, 1.82) is 0 Å². The Hall–Kier alpha value is -0.480. The summed E-state index contributed by atoms with van der Waals surface area (Å²) in [6.07, 6.45) is 2.63. The maximum absolute atomic E-state index is 6.15. The number of halogens is 2. The van der Waals surface area contributed by atoms with E-state index in [1.165, 1.54) is 24.9 Å². The fourth-order valence-corrected chi connectivity index (χ4v) is 2.99. The molecule has 3 nitrogen and oxygen atoms in total. The van der Waals surface area contributed by atoms with Gasteiger partial charge in [-0.3, -0.25) is 0 Å². The maximum atomic E-state index is 6.15. The van der Waals surface area contributed by atoms with Crippen molar-refractivity contribution in [3.8, 4) is 5.75 Å². The smallest absolute Gasteiger partial charge is 0.137 e. The summed E-state index contributed by atoms with van der Waals surface area (Å²) in [6.45, 7) is 4.39. The molecule has 0 saturated carbocycles.